The average Bonchev–Trinajstić information content (AvgIpc) is 2.49. The van der Waals surface area contributed by atoms with Crippen LogP contribution in [0.4, 0.5) is 0 Å². The van der Waals surface area contributed by atoms with Crippen LogP contribution in [0.5, 0.6) is 0 Å². The molecule has 1 amide bonds. The van der Waals surface area contributed by atoms with Gasteiger partial charge in [-0.1, -0.05) is 30.3 Å². The van der Waals surface area contributed by atoms with Gasteiger partial charge in [-0.05, 0) is 26.3 Å². The largest absolute Gasteiger partial charge is 0.377 e. The van der Waals surface area contributed by atoms with Gasteiger partial charge in [0.25, 0.3) is 5.91 Å². The molecular weight excluding hydrogens is 250 g/mol. The van der Waals surface area contributed by atoms with Gasteiger partial charge in [0.1, 0.15) is 11.6 Å². The molecule has 1 unspecified atom stereocenters. The summed E-state index contributed by atoms with van der Waals surface area (Å²) in [6, 6.07) is 11.5. The van der Waals surface area contributed by atoms with Crippen LogP contribution in [0.1, 0.15) is 32.4 Å². The van der Waals surface area contributed by atoms with Crippen molar-refractivity contribution in [3.8, 4) is 6.07 Å². The van der Waals surface area contributed by atoms with E-state index in [4.69, 9.17) is 5.26 Å². The van der Waals surface area contributed by atoms with Crippen LogP contribution in [0.2, 0.25) is 0 Å². The molecule has 4 nitrogen and oxygen atoms in total. The highest BCUT2D eigenvalue weighted by molar-refractivity contribution is 5.97. The van der Waals surface area contributed by atoms with Crippen LogP contribution in [-0.4, -0.2) is 23.9 Å². The van der Waals surface area contributed by atoms with Crippen LogP contribution >= 0.6 is 0 Å². The zero-order chi connectivity index (χ0) is 15.0. The summed E-state index contributed by atoms with van der Waals surface area (Å²) in [5.41, 5.74) is 1.15. The first-order chi connectivity index (χ1) is 9.62. The molecule has 106 valence electrons. The summed E-state index contributed by atoms with van der Waals surface area (Å²) in [4.78, 5) is 14.0. The molecule has 0 fully saturated rings. The van der Waals surface area contributed by atoms with Gasteiger partial charge >= 0.3 is 0 Å². The number of hydrogen-bond donors (Lipinski definition) is 1. The molecule has 0 saturated carbocycles. The molecule has 1 aromatic carbocycles. The van der Waals surface area contributed by atoms with Crippen molar-refractivity contribution in [2.24, 2.45) is 0 Å². The number of nitriles is 1. The number of carbonyl (C=O) groups excluding carboxylic acids is 1. The molecule has 1 rings (SSSR count). The lowest BCUT2D eigenvalue weighted by molar-refractivity contribution is -0.117. The van der Waals surface area contributed by atoms with Crippen LogP contribution in [0.15, 0.2) is 42.1 Å². The molecule has 20 heavy (non-hydrogen) atoms. The van der Waals surface area contributed by atoms with Gasteiger partial charge in [-0.2, -0.15) is 5.26 Å². The van der Waals surface area contributed by atoms with E-state index in [1.165, 1.54) is 0 Å². The van der Waals surface area contributed by atoms with Crippen molar-refractivity contribution in [1.82, 2.24) is 10.2 Å². The molecule has 1 aromatic rings. The van der Waals surface area contributed by atoms with E-state index in [9.17, 15) is 4.79 Å². The van der Waals surface area contributed by atoms with Gasteiger partial charge in [0, 0.05) is 19.3 Å². The van der Waals surface area contributed by atoms with E-state index in [2.05, 4.69) is 5.32 Å². The summed E-state index contributed by atoms with van der Waals surface area (Å²) < 4.78 is 0. The summed E-state index contributed by atoms with van der Waals surface area (Å²) in [5, 5.41) is 12.0. The first-order valence-electron chi connectivity index (χ1n) is 6.84. The number of benzene rings is 1. The Morgan fingerprint density at radius 1 is 1.35 bits per heavy atom. The van der Waals surface area contributed by atoms with Crippen LogP contribution in [-0.2, 0) is 4.79 Å². The molecule has 0 heterocycles. The molecular formula is C16H21N3O. The third-order valence-corrected chi connectivity index (χ3v) is 3.14. The molecule has 0 aliphatic heterocycles. The van der Waals surface area contributed by atoms with Gasteiger partial charge in [-0.25, -0.2) is 0 Å². The highest BCUT2D eigenvalue weighted by Crippen LogP contribution is 2.12. The number of carbonyl (C=O) groups is 1. The molecule has 0 aliphatic rings. The van der Waals surface area contributed by atoms with Crippen molar-refractivity contribution in [2.75, 3.05) is 13.1 Å². The van der Waals surface area contributed by atoms with E-state index < -0.39 is 0 Å². The quantitative estimate of drug-likeness (QED) is 0.639. The van der Waals surface area contributed by atoms with Crippen LogP contribution in [0.25, 0.3) is 0 Å². The minimum atomic E-state index is -0.337. The van der Waals surface area contributed by atoms with E-state index in [1.807, 2.05) is 62.1 Å². The summed E-state index contributed by atoms with van der Waals surface area (Å²) >= 11 is 0. The summed E-state index contributed by atoms with van der Waals surface area (Å²) in [6.45, 7) is 7.41. The van der Waals surface area contributed by atoms with Crippen LogP contribution < -0.4 is 5.32 Å². The van der Waals surface area contributed by atoms with Crippen molar-refractivity contribution in [3.63, 3.8) is 0 Å². The first-order valence-corrected chi connectivity index (χ1v) is 6.84. The molecule has 0 bridgehead atoms. The molecule has 4 heteroatoms. The number of hydrogen-bond acceptors (Lipinski definition) is 3. The zero-order valence-corrected chi connectivity index (χ0v) is 12.3. The third kappa shape index (κ3) is 4.43. The zero-order valence-electron chi connectivity index (χ0n) is 12.3. The Balaban J connectivity index is 2.76. The Kier molecular flexibility index (Phi) is 6.31. The minimum Gasteiger partial charge on any atom is -0.377 e. The van der Waals surface area contributed by atoms with Crippen molar-refractivity contribution in [2.45, 2.75) is 26.8 Å². The molecule has 1 N–H and O–H groups in total. The smallest absolute Gasteiger partial charge is 0.263 e. The van der Waals surface area contributed by atoms with Gasteiger partial charge in [-0.3, -0.25) is 4.79 Å². The first kappa shape index (κ1) is 15.8. The SMILES string of the molecule is CCN(/C=C(/C#N)C(=O)NC(C)c1ccccc1)CC. The van der Waals surface area contributed by atoms with E-state index in [-0.39, 0.29) is 17.5 Å². The van der Waals surface area contributed by atoms with Gasteiger partial charge in [0.05, 0.1) is 6.04 Å². The second-order valence-electron chi connectivity index (χ2n) is 4.48. The van der Waals surface area contributed by atoms with Gasteiger partial charge in [0.15, 0.2) is 0 Å². The second kappa shape index (κ2) is 8.00. The molecule has 1 atom stereocenters. The molecule has 0 spiro atoms. The molecule has 0 aromatic heterocycles. The second-order valence-corrected chi connectivity index (χ2v) is 4.48. The number of nitrogens with one attached hydrogen (secondary N) is 1. The summed E-state index contributed by atoms with van der Waals surface area (Å²) in [5.74, 6) is -0.337. The van der Waals surface area contributed by atoms with Crippen LogP contribution in [0.3, 0.4) is 0 Å². The Bertz CT molecular complexity index is 498. The lowest BCUT2D eigenvalue weighted by Gasteiger charge is -2.17. The third-order valence-electron chi connectivity index (χ3n) is 3.14. The maximum atomic E-state index is 12.1. The fourth-order valence-corrected chi connectivity index (χ4v) is 1.83. The fourth-order valence-electron chi connectivity index (χ4n) is 1.83. The Morgan fingerprint density at radius 2 is 1.95 bits per heavy atom. The maximum absolute atomic E-state index is 12.1. The van der Waals surface area contributed by atoms with E-state index in [0.717, 1.165) is 18.7 Å². The van der Waals surface area contributed by atoms with Crippen molar-refractivity contribution in [1.29, 1.82) is 5.26 Å². The molecule has 0 aliphatic carbocycles. The van der Waals surface area contributed by atoms with E-state index >= 15 is 0 Å². The topological polar surface area (TPSA) is 56.1 Å². The monoisotopic (exact) mass is 271 g/mol. The van der Waals surface area contributed by atoms with Gasteiger partial charge < -0.3 is 10.2 Å². The lowest BCUT2D eigenvalue weighted by atomic mass is 10.1. The molecule has 0 radical (unpaired) electrons. The Hall–Kier alpha value is -2.28. The summed E-state index contributed by atoms with van der Waals surface area (Å²) in [7, 11) is 0. The number of rotatable bonds is 6. The average molecular weight is 271 g/mol. The Morgan fingerprint density at radius 3 is 2.45 bits per heavy atom. The maximum Gasteiger partial charge on any atom is 0.263 e. The number of amides is 1. The fraction of sp³-hybridized carbons (Fsp3) is 0.375. The normalized spacial score (nSPS) is 12.4. The minimum absolute atomic E-state index is 0.128. The highest BCUT2D eigenvalue weighted by atomic mass is 16.1. The lowest BCUT2D eigenvalue weighted by Crippen LogP contribution is -2.29. The van der Waals surface area contributed by atoms with Crippen molar-refractivity contribution < 1.29 is 4.79 Å². The van der Waals surface area contributed by atoms with E-state index in [1.54, 1.807) is 6.20 Å². The predicted molar refractivity (Wildman–Crippen MR) is 79.6 cm³/mol. The van der Waals surface area contributed by atoms with Crippen molar-refractivity contribution >= 4 is 5.91 Å². The van der Waals surface area contributed by atoms with Gasteiger partial charge in [-0.15, -0.1) is 0 Å². The molecule has 0 saturated heterocycles. The Labute approximate surface area is 120 Å². The summed E-state index contributed by atoms with van der Waals surface area (Å²) in [6.07, 6.45) is 1.62. The van der Waals surface area contributed by atoms with Crippen molar-refractivity contribution in [3.05, 3.63) is 47.7 Å². The standard InChI is InChI=1S/C16H21N3O/c1-4-19(5-2)12-15(11-17)16(20)18-13(3)14-9-7-6-8-10-14/h6-10,12-13H,4-5H2,1-3H3,(H,18,20)/b15-12-. The predicted octanol–water partition coefficient (Wildman–Crippen LogP) is 2.61. The highest BCUT2D eigenvalue weighted by Gasteiger charge is 2.14. The van der Waals surface area contributed by atoms with Gasteiger partial charge in [0.2, 0.25) is 0 Å². The number of nitrogens with zero attached hydrogens (tertiary/aromatic N) is 2. The van der Waals surface area contributed by atoms with E-state index in [0.29, 0.717) is 0 Å². The van der Waals surface area contributed by atoms with Crippen LogP contribution in [0, 0.1) is 11.3 Å².